The highest BCUT2D eigenvalue weighted by Crippen LogP contribution is 2.25. The molecule has 0 fully saturated rings. The van der Waals surface area contributed by atoms with Crippen molar-refractivity contribution < 1.29 is 19.1 Å². The third-order valence-corrected chi connectivity index (χ3v) is 3.94. The predicted octanol–water partition coefficient (Wildman–Crippen LogP) is 4.59. The van der Waals surface area contributed by atoms with Gasteiger partial charge in [-0.15, -0.1) is 0 Å². The topological polar surface area (TPSA) is 64.6 Å². The van der Waals surface area contributed by atoms with Crippen LogP contribution < -0.4 is 10.1 Å². The maximum atomic E-state index is 12.1. The molecule has 0 aromatic heterocycles. The molecule has 2 aromatic carbocycles. The fourth-order valence-electron chi connectivity index (χ4n) is 1.97. The molecule has 0 saturated heterocycles. The van der Waals surface area contributed by atoms with Crippen molar-refractivity contribution in [2.75, 3.05) is 12.4 Å². The third-order valence-electron chi connectivity index (χ3n) is 3.38. The highest BCUT2D eigenvalue weighted by atomic mass is 35.5. The van der Waals surface area contributed by atoms with Gasteiger partial charge in [-0.05, 0) is 48.9 Å². The van der Waals surface area contributed by atoms with Gasteiger partial charge in [0.1, 0.15) is 5.75 Å². The van der Waals surface area contributed by atoms with Crippen LogP contribution in [0.1, 0.15) is 12.5 Å². The number of carbonyl (C=O) groups excluding carboxylic acids is 2. The number of halogens is 2. The summed E-state index contributed by atoms with van der Waals surface area (Å²) in [5, 5.41) is 3.33. The molecule has 0 spiro atoms. The summed E-state index contributed by atoms with van der Waals surface area (Å²) in [6, 6.07) is 11.8. The number of ether oxygens (including phenoxy) is 2. The Morgan fingerprint density at radius 2 is 1.81 bits per heavy atom. The van der Waals surface area contributed by atoms with Crippen LogP contribution in [0.15, 0.2) is 48.5 Å². The smallest absolute Gasteiger partial charge is 0.331 e. The van der Waals surface area contributed by atoms with Crippen LogP contribution in [0.4, 0.5) is 5.69 Å². The number of hydrogen-bond acceptors (Lipinski definition) is 4. The summed E-state index contributed by atoms with van der Waals surface area (Å²) < 4.78 is 10.1. The lowest BCUT2D eigenvalue weighted by Crippen LogP contribution is -2.29. The first kappa shape index (κ1) is 19.8. The molecule has 0 bridgehead atoms. The van der Waals surface area contributed by atoms with E-state index in [9.17, 15) is 9.59 Å². The Kier molecular flexibility index (Phi) is 7.06. The SMILES string of the molecule is COc1ccc(/C=C/C(=O)O[C@H](C)C(=O)Nc2cc(Cl)ccc2Cl)cc1. The fourth-order valence-corrected chi connectivity index (χ4v) is 2.31. The van der Waals surface area contributed by atoms with Gasteiger partial charge >= 0.3 is 5.97 Å². The Labute approximate surface area is 161 Å². The highest BCUT2D eigenvalue weighted by molar-refractivity contribution is 6.35. The lowest BCUT2D eigenvalue weighted by atomic mass is 10.2. The molecular weight excluding hydrogens is 377 g/mol. The lowest BCUT2D eigenvalue weighted by Gasteiger charge is -2.13. The molecule has 7 heteroatoms. The molecular formula is C19H17Cl2NO4. The van der Waals surface area contributed by atoms with Crippen molar-refractivity contribution in [3.05, 3.63) is 64.1 Å². The first-order chi connectivity index (χ1) is 12.4. The Morgan fingerprint density at radius 1 is 1.12 bits per heavy atom. The van der Waals surface area contributed by atoms with Gasteiger partial charge in [-0.3, -0.25) is 4.79 Å². The molecule has 0 aliphatic heterocycles. The summed E-state index contributed by atoms with van der Waals surface area (Å²) in [4.78, 5) is 24.0. The number of benzene rings is 2. The summed E-state index contributed by atoms with van der Waals surface area (Å²) in [5.74, 6) is -0.435. The number of rotatable bonds is 6. The van der Waals surface area contributed by atoms with Crippen molar-refractivity contribution >= 4 is 46.8 Å². The van der Waals surface area contributed by atoms with E-state index in [1.54, 1.807) is 49.6 Å². The van der Waals surface area contributed by atoms with Gasteiger partial charge in [0.25, 0.3) is 5.91 Å². The zero-order valence-electron chi connectivity index (χ0n) is 14.2. The molecule has 0 radical (unpaired) electrons. The molecule has 0 saturated carbocycles. The van der Waals surface area contributed by atoms with E-state index in [4.69, 9.17) is 32.7 Å². The zero-order chi connectivity index (χ0) is 19.1. The van der Waals surface area contributed by atoms with Gasteiger partial charge < -0.3 is 14.8 Å². The quantitative estimate of drug-likeness (QED) is 0.575. The fraction of sp³-hybridized carbons (Fsp3) is 0.158. The Morgan fingerprint density at radius 3 is 2.46 bits per heavy atom. The molecule has 2 aromatic rings. The number of nitrogens with one attached hydrogen (secondary N) is 1. The second-order valence-electron chi connectivity index (χ2n) is 5.30. The molecule has 1 atom stereocenters. The molecule has 0 unspecified atom stereocenters. The number of esters is 1. The number of methoxy groups -OCH3 is 1. The van der Waals surface area contributed by atoms with E-state index in [2.05, 4.69) is 5.32 Å². The Balaban J connectivity index is 1.91. The van der Waals surface area contributed by atoms with Gasteiger partial charge in [0.15, 0.2) is 6.10 Å². The summed E-state index contributed by atoms with van der Waals surface area (Å²) >= 11 is 11.9. The van der Waals surface area contributed by atoms with Crippen molar-refractivity contribution in [3.63, 3.8) is 0 Å². The van der Waals surface area contributed by atoms with Crippen LogP contribution in [-0.4, -0.2) is 25.1 Å². The minimum atomic E-state index is -1.00. The normalized spacial score (nSPS) is 11.8. The first-order valence-electron chi connectivity index (χ1n) is 7.67. The molecule has 0 aliphatic carbocycles. The van der Waals surface area contributed by atoms with Crippen LogP contribution in [0.3, 0.4) is 0 Å². The lowest BCUT2D eigenvalue weighted by molar-refractivity contribution is -0.148. The van der Waals surface area contributed by atoms with Crippen LogP contribution in [0.2, 0.25) is 10.0 Å². The summed E-state index contributed by atoms with van der Waals surface area (Å²) in [6.45, 7) is 1.47. The maximum Gasteiger partial charge on any atom is 0.331 e. The Hall–Kier alpha value is -2.50. The largest absolute Gasteiger partial charge is 0.497 e. The molecule has 1 N–H and O–H groups in total. The third kappa shape index (κ3) is 5.79. The standard InChI is InChI=1S/C19H17Cl2NO4/c1-12(19(24)22-17-11-14(20)6-9-16(17)21)26-18(23)10-5-13-3-7-15(25-2)8-4-13/h3-12H,1-2H3,(H,22,24)/b10-5+/t12-/m1/s1. The number of carbonyl (C=O) groups is 2. The van der Waals surface area contributed by atoms with E-state index in [1.165, 1.54) is 19.1 Å². The molecule has 5 nitrogen and oxygen atoms in total. The van der Waals surface area contributed by atoms with Crippen LogP contribution in [0, 0.1) is 0 Å². The average Bonchev–Trinajstić information content (AvgIpc) is 2.63. The molecule has 0 heterocycles. The van der Waals surface area contributed by atoms with Gasteiger partial charge in [0.05, 0.1) is 17.8 Å². The van der Waals surface area contributed by atoms with Crippen LogP contribution in [0.5, 0.6) is 5.75 Å². The molecule has 136 valence electrons. The summed E-state index contributed by atoms with van der Waals surface area (Å²) in [7, 11) is 1.57. The van der Waals surface area contributed by atoms with Gasteiger partial charge in [0, 0.05) is 11.1 Å². The van der Waals surface area contributed by atoms with Crippen LogP contribution >= 0.6 is 23.2 Å². The summed E-state index contributed by atoms with van der Waals surface area (Å²) in [6.07, 6.45) is 1.83. The van der Waals surface area contributed by atoms with Crippen molar-refractivity contribution in [2.24, 2.45) is 0 Å². The summed E-state index contributed by atoms with van der Waals surface area (Å²) in [5.41, 5.74) is 1.14. The van der Waals surface area contributed by atoms with Crippen molar-refractivity contribution in [2.45, 2.75) is 13.0 Å². The van der Waals surface area contributed by atoms with E-state index < -0.39 is 18.0 Å². The van der Waals surface area contributed by atoms with Gasteiger partial charge in [-0.2, -0.15) is 0 Å². The van der Waals surface area contributed by atoms with Crippen molar-refractivity contribution in [3.8, 4) is 5.75 Å². The van der Waals surface area contributed by atoms with E-state index in [-0.39, 0.29) is 0 Å². The Bertz CT molecular complexity index is 819. The van der Waals surface area contributed by atoms with Crippen LogP contribution in [0.25, 0.3) is 6.08 Å². The minimum absolute atomic E-state index is 0.334. The highest BCUT2D eigenvalue weighted by Gasteiger charge is 2.17. The van der Waals surface area contributed by atoms with E-state index in [1.807, 2.05) is 0 Å². The first-order valence-corrected chi connectivity index (χ1v) is 8.43. The van der Waals surface area contributed by atoms with E-state index in [0.717, 1.165) is 11.3 Å². The molecule has 1 amide bonds. The number of amides is 1. The van der Waals surface area contributed by atoms with Crippen molar-refractivity contribution in [1.82, 2.24) is 0 Å². The molecule has 0 aliphatic rings. The monoisotopic (exact) mass is 393 g/mol. The van der Waals surface area contributed by atoms with Gasteiger partial charge in [-0.25, -0.2) is 4.79 Å². The van der Waals surface area contributed by atoms with Gasteiger partial charge in [-0.1, -0.05) is 35.3 Å². The van der Waals surface area contributed by atoms with Gasteiger partial charge in [0.2, 0.25) is 0 Å². The van der Waals surface area contributed by atoms with Crippen LogP contribution in [-0.2, 0) is 14.3 Å². The number of anilines is 1. The second kappa shape index (κ2) is 9.27. The van der Waals surface area contributed by atoms with E-state index >= 15 is 0 Å². The second-order valence-corrected chi connectivity index (χ2v) is 6.14. The predicted molar refractivity (Wildman–Crippen MR) is 103 cm³/mol. The number of hydrogen-bond donors (Lipinski definition) is 1. The zero-order valence-corrected chi connectivity index (χ0v) is 15.7. The maximum absolute atomic E-state index is 12.1. The minimum Gasteiger partial charge on any atom is -0.497 e. The molecule has 2 rings (SSSR count). The average molecular weight is 394 g/mol. The van der Waals surface area contributed by atoms with E-state index in [0.29, 0.717) is 15.7 Å². The molecule has 26 heavy (non-hydrogen) atoms. The van der Waals surface area contributed by atoms with Crippen molar-refractivity contribution in [1.29, 1.82) is 0 Å².